The summed E-state index contributed by atoms with van der Waals surface area (Å²) in [5, 5.41) is 54.7. The maximum atomic E-state index is 10.1. The Morgan fingerprint density at radius 1 is 1.25 bits per heavy atom. The van der Waals surface area contributed by atoms with Crippen LogP contribution in [0.25, 0.3) is 0 Å². The summed E-state index contributed by atoms with van der Waals surface area (Å²) in [6.07, 6.45) is -5.06. The van der Waals surface area contributed by atoms with E-state index in [2.05, 4.69) is 5.32 Å². The van der Waals surface area contributed by atoms with Crippen LogP contribution in [0, 0.1) is 0 Å². The number of aliphatic carboxylic acids is 1. The third-order valence-corrected chi connectivity index (χ3v) is 2.78. The van der Waals surface area contributed by atoms with Crippen LogP contribution in [0.15, 0.2) is 0 Å². The van der Waals surface area contributed by atoms with Crippen molar-refractivity contribution in [2.24, 2.45) is 0 Å². The van der Waals surface area contributed by atoms with Crippen molar-refractivity contribution in [1.82, 2.24) is 5.32 Å². The number of hydrogen-bond donors (Lipinski definition) is 7. The van der Waals surface area contributed by atoms with Gasteiger partial charge >= 0.3 is 5.97 Å². The molecule has 7 N–H and O–H groups in total. The lowest BCUT2D eigenvalue weighted by molar-refractivity contribution is -0.139. The van der Waals surface area contributed by atoms with Crippen LogP contribution in [0.2, 0.25) is 0 Å². The number of carboxylic acids is 1. The molecule has 1 unspecified atom stereocenters. The second kappa shape index (κ2) is 9.75. The van der Waals surface area contributed by atoms with E-state index >= 15 is 0 Å². The van der Waals surface area contributed by atoms with E-state index in [9.17, 15) is 9.59 Å². The molecule has 0 aromatic rings. The van der Waals surface area contributed by atoms with Gasteiger partial charge in [0.2, 0.25) is 0 Å². The molecule has 1 aliphatic heterocycles. The Kier molecular flexibility index (Phi) is 9.21. The van der Waals surface area contributed by atoms with Gasteiger partial charge in [-0.3, -0.25) is 4.79 Å². The molecule has 1 rings (SSSR count). The number of aldehydes is 1. The van der Waals surface area contributed by atoms with E-state index in [1.54, 1.807) is 0 Å². The Balaban J connectivity index is 0.000000388. The quantitative estimate of drug-likeness (QED) is 0.245. The number of carboxylic acid groups (broad SMARTS) is 1. The first-order chi connectivity index (χ1) is 9.34. The van der Waals surface area contributed by atoms with Crippen LogP contribution in [0.3, 0.4) is 0 Å². The molecule has 5 atom stereocenters. The van der Waals surface area contributed by atoms with Crippen LogP contribution in [0.1, 0.15) is 12.8 Å². The molecule has 1 aliphatic rings. The Hall–Kier alpha value is -1.10. The smallest absolute Gasteiger partial charge is 0.320 e. The van der Waals surface area contributed by atoms with Crippen molar-refractivity contribution in [2.75, 3.05) is 13.2 Å². The molecule has 9 nitrogen and oxygen atoms in total. The molecular formula is C11H21NO8. The van der Waals surface area contributed by atoms with Crippen molar-refractivity contribution in [3.05, 3.63) is 0 Å². The van der Waals surface area contributed by atoms with E-state index < -0.39 is 37.0 Å². The molecule has 0 amide bonds. The number of rotatable bonds is 6. The fourth-order valence-electron chi connectivity index (χ4n) is 1.51. The third-order valence-electron chi connectivity index (χ3n) is 2.78. The van der Waals surface area contributed by atoms with Crippen molar-refractivity contribution >= 4 is 12.3 Å². The van der Waals surface area contributed by atoms with E-state index in [1.807, 2.05) is 0 Å². The number of carbonyl (C=O) groups excluding carboxylic acids is 1. The number of aliphatic hydroxyl groups is 5. The minimum atomic E-state index is -1.79. The molecule has 1 heterocycles. The number of aliphatic hydroxyl groups excluding tert-OH is 5. The molecule has 0 aromatic carbocycles. The lowest BCUT2D eigenvalue weighted by atomic mass is 10.0. The Morgan fingerprint density at radius 2 is 1.85 bits per heavy atom. The number of hydrogen-bond acceptors (Lipinski definition) is 8. The van der Waals surface area contributed by atoms with Crippen molar-refractivity contribution in [3.63, 3.8) is 0 Å². The van der Waals surface area contributed by atoms with Gasteiger partial charge in [0.15, 0.2) is 6.29 Å². The first kappa shape index (κ1) is 18.9. The maximum Gasteiger partial charge on any atom is 0.320 e. The topological polar surface area (TPSA) is 168 Å². The highest BCUT2D eigenvalue weighted by Gasteiger charge is 2.29. The molecule has 118 valence electrons. The first-order valence-electron chi connectivity index (χ1n) is 6.09. The molecule has 9 heteroatoms. The van der Waals surface area contributed by atoms with Gasteiger partial charge in [0, 0.05) is 0 Å². The van der Waals surface area contributed by atoms with E-state index in [0.717, 1.165) is 19.4 Å². The van der Waals surface area contributed by atoms with Crippen LogP contribution < -0.4 is 5.32 Å². The second-order valence-corrected chi connectivity index (χ2v) is 4.34. The molecule has 0 aliphatic carbocycles. The molecule has 1 fully saturated rings. The molecule has 20 heavy (non-hydrogen) atoms. The van der Waals surface area contributed by atoms with Crippen LogP contribution in [0.5, 0.6) is 0 Å². The fraction of sp³-hybridized carbons (Fsp3) is 0.818. The van der Waals surface area contributed by atoms with Gasteiger partial charge in [-0.1, -0.05) is 0 Å². The monoisotopic (exact) mass is 295 g/mol. The molecule has 0 radical (unpaired) electrons. The van der Waals surface area contributed by atoms with Crippen molar-refractivity contribution in [2.45, 2.75) is 43.3 Å². The van der Waals surface area contributed by atoms with Gasteiger partial charge in [-0.25, -0.2) is 0 Å². The molecular weight excluding hydrogens is 274 g/mol. The first-order valence-corrected chi connectivity index (χ1v) is 6.09. The molecule has 0 spiro atoms. The normalized spacial score (nSPS) is 23.9. The highest BCUT2D eigenvalue weighted by atomic mass is 16.4. The highest BCUT2D eigenvalue weighted by molar-refractivity contribution is 5.73. The predicted molar refractivity (Wildman–Crippen MR) is 65.8 cm³/mol. The molecule has 0 aromatic heterocycles. The largest absolute Gasteiger partial charge is 0.480 e. The standard InChI is InChI=1S/C6H12O6.C5H9NO2/c7-1-3(9)5(11)6(12)4(10)2-8;7-5(8)4-2-1-3-6-4/h1,3-6,8-12H,2H2;4,6H,1-3H2,(H,7,8)/t3-,4+,5+,6+;/m0./s1. The Morgan fingerprint density at radius 3 is 2.15 bits per heavy atom. The summed E-state index contributed by atoms with van der Waals surface area (Å²) in [5.41, 5.74) is 0. The molecule has 0 bridgehead atoms. The molecule has 1 saturated heterocycles. The SMILES string of the molecule is O=C(O)C1CCCN1.O=C[C@H](O)[C@@H](O)[C@H](O)[C@H](O)CO. The molecule has 0 saturated carbocycles. The minimum absolute atomic E-state index is 0.0258. The van der Waals surface area contributed by atoms with Gasteiger partial charge in [-0.15, -0.1) is 0 Å². The third kappa shape index (κ3) is 6.37. The summed E-state index contributed by atoms with van der Waals surface area (Å²) < 4.78 is 0. The zero-order valence-electron chi connectivity index (χ0n) is 10.8. The summed E-state index contributed by atoms with van der Waals surface area (Å²) in [7, 11) is 0. The summed E-state index contributed by atoms with van der Waals surface area (Å²) >= 11 is 0. The lowest BCUT2D eigenvalue weighted by Crippen LogP contribution is -2.46. The van der Waals surface area contributed by atoms with Gasteiger partial charge < -0.3 is 40.8 Å². The second-order valence-electron chi connectivity index (χ2n) is 4.34. The number of carbonyl (C=O) groups is 2. The van der Waals surface area contributed by atoms with Gasteiger partial charge in [-0.2, -0.15) is 0 Å². The zero-order valence-corrected chi connectivity index (χ0v) is 10.8. The Bertz CT molecular complexity index is 294. The average molecular weight is 295 g/mol. The van der Waals surface area contributed by atoms with Gasteiger partial charge in [-0.05, 0) is 19.4 Å². The maximum absolute atomic E-state index is 10.1. The van der Waals surface area contributed by atoms with Crippen LogP contribution in [0.4, 0.5) is 0 Å². The van der Waals surface area contributed by atoms with Crippen molar-refractivity contribution in [1.29, 1.82) is 0 Å². The summed E-state index contributed by atoms with van der Waals surface area (Å²) in [6, 6.07) is -0.269. The Labute approximate surface area is 115 Å². The van der Waals surface area contributed by atoms with Crippen molar-refractivity contribution < 1.29 is 40.2 Å². The number of nitrogens with one attached hydrogen (secondary N) is 1. The average Bonchev–Trinajstić information content (AvgIpc) is 2.99. The van der Waals surface area contributed by atoms with Crippen molar-refractivity contribution in [3.8, 4) is 0 Å². The van der Waals surface area contributed by atoms with Gasteiger partial charge in [0.05, 0.1) is 6.61 Å². The minimum Gasteiger partial charge on any atom is -0.480 e. The van der Waals surface area contributed by atoms with E-state index in [0.29, 0.717) is 0 Å². The summed E-state index contributed by atoms with van der Waals surface area (Å²) in [6.45, 7) is 0.0980. The zero-order chi connectivity index (χ0) is 15.7. The van der Waals surface area contributed by atoms with Crippen LogP contribution >= 0.6 is 0 Å². The summed E-state index contributed by atoms with van der Waals surface area (Å²) in [4.78, 5) is 20.0. The highest BCUT2D eigenvalue weighted by Crippen LogP contribution is 2.03. The van der Waals surface area contributed by atoms with Gasteiger partial charge in [0.1, 0.15) is 30.5 Å². The van der Waals surface area contributed by atoms with E-state index in [4.69, 9.17) is 30.6 Å². The van der Waals surface area contributed by atoms with E-state index in [1.165, 1.54) is 0 Å². The van der Waals surface area contributed by atoms with E-state index in [-0.39, 0.29) is 12.3 Å². The fourth-order valence-corrected chi connectivity index (χ4v) is 1.51. The lowest BCUT2D eigenvalue weighted by Gasteiger charge is -2.22. The van der Waals surface area contributed by atoms with Gasteiger partial charge in [0.25, 0.3) is 0 Å². The predicted octanol–water partition coefficient (Wildman–Crippen LogP) is -3.56. The van der Waals surface area contributed by atoms with Crippen LogP contribution in [-0.4, -0.2) is 86.5 Å². The van der Waals surface area contributed by atoms with Crippen LogP contribution in [-0.2, 0) is 9.59 Å². The summed E-state index contributed by atoms with van der Waals surface area (Å²) in [5.74, 6) is -0.720.